The van der Waals surface area contributed by atoms with Gasteiger partial charge in [-0.15, -0.1) is 24.8 Å². The molecule has 1 aliphatic heterocycles. The largest absolute Gasteiger partial charge is 0.382 e. The number of aromatic nitrogens is 4. The zero-order valence-corrected chi connectivity index (χ0v) is 10.7. The van der Waals surface area contributed by atoms with Crippen LogP contribution in [0.4, 0.5) is 5.82 Å². The standard InChI is InChI=1S/C9H12N6.2ClH/c10-8-7-9(13-4-12-8)15(5-14-7)6-1-2-11-3-6;;/h4-6,11H,1-3H2,(H2,10,12,13);2*1H/t6-;;/m0../s1. The van der Waals surface area contributed by atoms with E-state index in [1.165, 1.54) is 6.33 Å². The maximum Gasteiger partial charge on any atom is 0.165 e. The minimum Gasteiger partial charge on any atom is -0.382 e. The number of hydrogen-bond donors (Lipinski definition) is 2. The van der Waals surface area contributed by atoms with Crippen molar-refractivity contribution in [2.24, 2.45) is 0 Å². The molecule has 94 valence electrons. The van der Waals surface area contributed by atoms with Crippen LogP contribution in [0, 0.1) is 0 Å². The zero-order chi connectivity index (χ0) is 10.3. The van der Waals surface area contributed by atoms with Crippen LogP contribution >= 0.6 is 24.8 Å². The molecule has 6 nitrogen and oxygen atoms in total. The minimum atomic E-state index is 0. The Bertz CT molecular complexity index is 493. The summed E-state index contributed by atoms with van der Waals surface area (Å²) < 4.78 is 2.08. The van der Waals surface area contributed by atoms with E-state index in [0.717, 1.165) is 25.2 Å². The molecule has 0 bridgehead atoms. The lowest BCUT2D eigenvalue weighted by Gasteiger charge is -2.10. The molecule has 3 heterocycles. The first kappa shape index (κ1) is 14.0. The van der Waals surface area contributed by atoms with Gasteiger partial charge in [0, 0.05) is 6.54 Å². The molecule has 8 heteroatoms. The van der Waals surface area contributed by atoms with Crippen LogP contribution in [-0.4, -0.2) is 32.6 Å². The summed E-state index contributed by atoms with van der Waals surface area (Å²) in [7, 11) is 0. The molecule has 0 amide bonds. The fraction of sp³-hybridized carbons (Fsp3) is 0.444. The van der Waals surface area contributed by atoms with Gasteiger partial charge in [-0.2, -0.15) is 0 Å². The quantitative estimate of drug-likeness (QED) is 0.805. The van der Waals surface area contributed by atoms with Crippen molar-refractivity contribution in [1.29, 1.82) is 0 Å². The van der Waals surface area contributed by atoms with E-state index in [1.54, 1.807) is 6.33 Å². The van der Waals surface area contributed by atoms with Gasteiger partial charge in [0.2, 0.25) is 0 Å². The van der Waals surface area contributed by atoms with Gasteiger partial charge in [-0.1, -0.05) is 0 Å². The Morgan fingerprint density at radius 3 is 2.82 bits per heavy atom. The maximum absolute atomic E-state index is 5.73. The van der Waals surface area contributed by atoms with Crippen LogP contribution in [0.2, 0.25) is 0 Å². The Labute approximate surface area is 111 Å². The Hall–Kier alpha value is -1.11. The van der Waals surface area contributed by atoms with Gasteiger partial charge in [0.25, 0.3) is 0 Å². The third-order valence-electron chi connectivity index (χ3n) is 2.81. The first-order chi connectivity index (χ1) is 7.36. The zero-order valence-electron chi connectivity index (χ0n) is 9.04. The normalized spacial score (nSPS) is 18.7. The molecule has 0 radical (unpaired) electrons. The van der Waals surface area contributed by atoms with Gasteiger partial charge in [-0.05, 0) is 13.0 Å². The number of anilines is 1. The predicted octanol–water partition coefficient (Wildman–Crippen LogP) is 0.786. The average Bonchev–Trinajstić information content (AvgIpc) is 2.85. The number of hydrogen-bond acceptors (Lipinski definition) is 5. The molecular formula is C9H14Cl2N6. The van der Waals surface area contributed by atoms with E-state index in [9.17, 15) is 0 Å². The topological polar surface area (TPSA) is 81.7 Å². The van der Waals surface area contributed by atoms with E-state index in [1.807, 2.05) is 0 Å². The molecule has 1 fully saturated rings. The highest BCUT2D eigenvalue weighted by atomic mass is 35.5. The first-order valence-electron chi connectivity index (χ1n) is 5.00. The van der Waals surface area contributed by atoms with Gasteiger partial charge in [0.05, 0.1) is 12.4 Å². The van der Waals surface area contributed by atoms with Crippen LogP contribution in [0.25, 0.3) is 11.2 Å². The lowest BCUT2D eigenvalue weighted by atomic mass is 10.2. The van der Waals surface area contributed by atoms with Gasteiger partial charge >= 0.3 is 0 Å². The summed E-state index contributed by atoms with van der Waals surface area (Å²) in [5.41, 5.74) is 7.25. The van der Waals surface area contributed by atoms with Crippen LogP contribution in [-0.2, 0) is 0 Å². The summed E-state index contributed by atoms with van der Waals surface area (Å²) in [6.45, 7) is 2.01. The van der Waals surface area contributed by atoms with Gasteiger partial charge in [-0.3, -0.25) is 0 Å². The monoisotopic (exact) mass is 276 g/mol. The molecule has 1 aliphatic rings. The van der Waals surface area contributed by atoms with Crippen LogP contribution in [0.5, 0.6) is 0 Å². The molecule has 0 aliphatic carbocycles. The van der Waals surface area contributed by atoms with E-state index in [2.05, 4.69) is 24.8 Å². The molecule has 1 saturated heterocycles. The van der Waals surface area contributed by atoms with Crippen molar-refractivity contribution >= 4 is 41.8 Å². The van der Waals surface area contributed by atoms with Gasteiger partial charge in [0.15, 0.2) is 11.5 Å². The van der Waals surface area contributed by atoms with Crippen LogP contribution in [0.15, 0.2) is 12.7 Å². The summed E-state index contributed by atoms with van der Waals surface area (Å²) in [6.07, 6.45) is 4.39. The average molecular weight is 277 g/mol. The molecule has 2 aromatic heterocycles. The minimum absolute atomic E-state index is 0. The summed E-state index contributed by atoms with van der Waals surface area (Å²) in [5, 5.41) is 3.32. The van der Waals surface area contributed by atoms with E-state index in [-0.39, 0.29) is 24.8 Å². The first-order valence-corrected chi connectivity index (χ1v) is 5.00. The van der Waals surface area contributed by atoms with E-state index < -0.39 is 0 Å². The highest BCUT2D eigenvalue weighted by molar-refractivity contribution is 5.85. The maximum atomic E-state index is 5.73. The lowest BCUT2D eigenvalue weighted by molar-refractivity contribution is 0.558. The Morgan fingerprint density at radius 2 is 2.12 bits per heavy atom. The molecule has 0 saturated carbocycles. The fourth-order valence-electron chi connectivity index (χ4n) is 2.01. The van der Waals surface area contributed by atoms with E-state index in [4.69, 9.17) is 5.73 Å². The van der Waals surface area contributed by atoms with Crippen LogP contribution in [0.3, 0.4) is 0 Å². The molecule has 3 rings (SSSR count). The molecule has 0 unspecified atom stereocenters. The van der Waals surface area contributed by atoms with Crippen molar-refractivity contribution in [3.8, 4) is 0 Å². The second-order valence-electron chi connectivity index (χ2n) is 3.73. The van der Waals surface area contributed by atoms with E-state index in [0.29, 0.717) is 17.4 Å². The summed E-state index contributed by atoms with van der Waals surface area (Å²) >= 11 is 0. The van der Waals surface area contributed by atoms with Gasteiger partial charge in [0.1, 0.15) is 11.8 Å². The number of halogens is 2. The fourth-order valence-corrected chi connectivity index (χ4v) is 2.01. The number of fused-ring (bicyclic) bond motifs is 1. The molecule has 0 aromatic carbocycles. The summed E-state index contributed by atoms with van der Waals surface area (Å²) in [4.78, 5) is 12.4. The highest BCUT2D eigenvalue weighted by Gasteiger charge is 2.19. The molecule has 0 spiro atoms. The number of imidazole rings is 1. The molecular weight excluding hydrogens is 263 g/mol. The number of nitrogens with zero attached hydrogens (tertiary/aromatic N) is 4. The van der Waals surface area contributed by atoms with Crippen LogP contribution < -0.4 is 11.1 Å². The van der Waals surface area contributed by atoms with Gasteiger partial charge < -0.3 is 15.6 Å². The Balaban J connectivity index is 0.000000722. The van der Waals surface area contributed by atoms with E-state index >= 15 is 0 Å². The highest BCUT2D eigenvalue weighted by Crippen LogP contribution is 2.21. The Kier molecular flexibility index (Phi) is 4.50. The SMILES string of the molecule is Cl.Cl.Nc1ncnc2c1ncn2[C@H]1CCNC1. The molecule has 1 atom stereocenters. The number of nitrogens with two attached hydrogens (primary N) is 1. The smallest absolute Gasteiger partial charge is 0.165 e. The van der Waals surface area contributed by atoms with Crippen molar-refractivity contribution in [2.45, 2.75) is 12.5 Å². The number of rotatable bonds is 1. The number of nitrogens with one attached hydrogen (secondary N) is 1. The van der Waals surface area contributed by atoms with Crippen molar-refractivity contribution in [1.82, 2.24) is 24.8 Å². The van der Waals surface area contributed by atoms with Crippen molar-refractivity contribution < 1.29 is 0 Å². The van der Waals surface area contributed by atoms with Crippen molar-refractivity contribution in [2.75, 3.05) is 18.8 Å². The molecule has 17 heavy (non-hydrogen) atoms. The molecule has 2 aromatic rings. The van der Waals surface area contributed by atoms with Crippen LogP contribution in [0.1, 0.15) is 12.5 Å². The summed E-state index contributed by atoms with van der Waals surface area (Å²) in [5.74, 6) is 0.449. The second kappa shape index (κ2) is 5.48. The summed E-state index contributed by atoms with van der Waals surface area (Å²) in [6, 6.07) is 0.435. The Morgan fingerprint density at radius 1 is 1.29 bits per heavy atom. The van der Waals surface area contributed by atoms with Gasteiger partial charge in [-0.25, -0.2) is 15.0 Å². The predicted molar refractivity (Wildman–Crippen MR) is 70.8 cm³/mol. The molecule has 3 N–H and O–H groups in total. The third kappa shape index (κ3) is 2.29. The third-order valence-corrected chi connectivity index (χ3v) is 2.81. The van der Waals surface area contributed by atoms with Crippen molar-refractivity contribution in [3.05, 3.63) is 12.7 Å². The lowest BCUT2D eigenvalue weighted by Crippen LogP contribution is -2.13. The number of nitrogen functional groups attached to an aromatic ring is 1. The second-order valence-corrected chi connectivity index (χ2v) is 3.73. The van der Waals surface area contributed by atoms with Crippen molar-refractivity contribution in [3.63, 3.8) is 0 Å².